The topological polar surface area (TPSA) is 15.3 Å². The molecule has 1 aliphatic heterocycles. The van der Waals surface area contributed by atoms with E-state index in [9.17, 15) is 0 Å². The molecule has 2 fully saturated rings. The second-order valence-electron chi connectivity index (χ2n) is 5.58. The molecule has 0 unspecified atom stereocenters. The first-order valence-corrected chi connectivity index (χ1v) is 7.44. The number of nitrogens with zero attached hydrogens (tertiary/aromatic N) is 1. The summed E-state index contributed by atoms with van der Waals surface area (Å²) in [6.45, 7) is 5.33. The van der Waals surface area contributed by atoms with E-state index < -0.39 is 0 Å². The molecule has 1 aromatic rings. The Hall–Kier alpha value is -1.30. The van der Waals surface area contributed by atoms with E-state index in [0.29, 0.717) is 0 Å². The summed E-state index contributed by atoms with van der Waals surface area (Å²) in [5.41, 5.74) is 2.67. The molecule has 0 radical (unpaired) electrons. The lowest BCUT2D eigenvalue weighted by Crippen LogP contribution is -2.43. The third-order valence-electron chi connectivity index (χ3n) is 4.21. The highest BCUT2D eigenvalue weighted by atomic mass is 15.2. The van der Waals surface area contributed by atoms with Gasteiger partial charge in [0, 0.05) is 31.7 Å². The van der Waals surface area contributed by atoms with Crippen molar-refractivity contribution in [3.63, 3.8) is 0 Å². The zero-order chi connectivity index (χ0) is 12.9. The second kappa shape index (κ2) is 6.23. The number of nitrogens with one attached hydrogen (secondary N) is 1. The van der Waals surface area contributed by atoms with Crippen LogP contribution in [0.5, 0.6) is 0 Å². The fraction of sp³-hybridized carbons (Fsp3) is 0.529. The van der Waals surface area contributed by atoms with Crippen molar-refractivity contribution in [3.8, 4) is 11.8 Å². The molecular formula is C17H22N2. The van der Waals surface area contributed by atoms with Crippen LogP contribution in [0, 0.1) is 11.8 Å². The summed E-state index contributed by atoms with van der Waals surface area (Å²) in [6.07, 6.45) is 4.11. The largest absolute Gasteiger partial charge is 0.314 e. The number of piperazine rings is 1. The fourth-order valence-electron chi connectivity index (χ4n) is 2.73. The lowest BCUT2D eigenvalue weighted by Gasteiger charge is -2.25. The minimum absolute atomic E-state index is 0.801. The third kappa shape index (κ3) is 3.37. The average Bonchev–Trinajstić information content (AvgIpc) is 2.38. The SMILES string of the molecule is C(#Cc1cccc(C2CCC2)c1)CN1CCNCC1. The van der Waals surface area contributed by atoms with Crippen molar-refractivity contribution < 1.29 is 0 Å². The molecule has 1 saturated heterocycles. The van der Waals surface area contributed by atoms with Crippen LogP contribution in [0.2, 0.25) is 0 Å². The molecule has 1 N–H and O–H groups in total. The molecule has 0 aromatic heterocycles. The molecule has 100 valence electrons. The van der Waals surface area contributed by atoms with Gasteiger partial charge < -0.3 is 5.32 Å². The van der Waals surface area contributed by atoms with Gasteiger partial charge >= 0.3 is 0 Å². The highest BCUT2D eigenvalue weighted by Gasteiger charge is 2.19. The normalized spacial score (nSPS) is 20.4. The summed E-state index contributed by atoms with van der Waals surface area (Å²) in [7, 11) is 0. The van der Waals surface area contributed by atoms with Crippen molar-refractivity contribution in [2.75, 3.05) is 32.7 Å². The summed E-state index contributed by atoms with van der Waals surface area (Å²) in [5, 5.41) is 3.37. The quantitative estimate of drug-likeness (QED) is 0.814. The van der Waals surface area contributed by atoms with E-state index >= 15 is 0 Å². The van der Waals surface area contributed by atoms with Gasteiger partial charge in [-0.1, -0.05) is 30.4 Å². The molecule has 2 nitrogen and oxygen atoms in total. The lowest BCUT2D eigenvalue weighted by atomic mass is 9.80. The Morgan fingerprint density at radius 2 is 2.05 bits per heavy atom. The first kappa shape index (κ1) is 12.7. The Balaban J connectivity index is 1.59. The number of hydrogen-bond acceptors (Lipinski definition) is 2. The van der Waals surface area contributed by atoms with Crippen LogP contribution in [-0.2, 0) is 0 Å². The Morgan fingerprint density at radius 3 is 2.79 bits per heavy atom. The maximum atomic E-state index is 3.37. The van der Waals surface area contributed by atoms with Gasteiger partial charge in [-0.3, -0.25) is 4.90 Å². The average molecular weight is 254 g/mol. The molecule has 0 amide bonds. The van der Waals surface area contributed by atoms with Crippen molar-refractivity contribution in [1.29, 1.82) is 0 Å². The Morgan fingerprint density at radius 1 is 1.21 bits per heavy atom. The van der Waals surface area contributed by atoms with Gasteiger partial charge in [-0.05, 0) is 36.5 Å². The van der Waals surface area contributed by atoms with Crippen molar-refractivity contribution in [1.82, 2.24) is 10.2 Å². The molecule has 1 saturated carbocycles. The summed E-state index contributed by atoms with van der Waals surface area (Å²) < 4.78 is 0. The van der Waals surface area contributed by atoms with Crippen LogP contribution >= 0.6 is 0 Å². The fourth-order valence-corrected chi connectivity index (χ4v) is 2.73. The van der Waals surface area contributed by atoms with Crippen LogP contribution in [0.1, 0.15) is 36.3 Å². The van der Waals surface area contributed by atoms with Gasteiger partial charge in [0.2, 0.25) is 0 Å². The molecule has 0 atom stereocenters. The van der Waals surface area contributed by atoms with Crippen LogP contribution < -0.4 is 5.32 Å². The molecule has 2 heteroatoms. The van der Waals surface area contributed by atoms with Gasteiger partial charge in [-0.2, -0.15) is 0 Å². The Labute approximate surface area is 116 Å². The molecule has 0 spiro atoms. The first-order valence-electron chi connectivity index (χ1n) is 7.44. The molecule has 19 heavy (non-hydrogen) atoms. The van der Waals surface area contributed by atoms with Gasteiger partial charge in [-0.15, -0.1) is 0 Å². The number of benzene rings is 1. The van der Waals surface area contributed by atoms with E-state index in [2.05, 4.69) is 46.3 Å². The summed E-state index contributed by atoms with van der Waals surface area (Å²) in [4.78, 5) is 2.42. The third-order valence-corrected chi connectivity index (χ3v) is 4.21. The minimum Gasteiger partial charge on any atom is -0.314 e. The van der Waals surface area contributed by atoms with Gasteiger partial charge in [0.05, 0.1) is 6.54 Å². The Bertz CT molecular complexity index is 474. The predicted molar refractivity (Wildman–Crippen MR) is 79.2 cm³/mol. The summed E-state index contributed by atoms with van der Waals surface area (Å²) in [6, 6.07) is 8.83. The number of hydrogen-bond donors (Lipinski definition) is 1. The second-order valence-corrected chi connectivity index (χ2v) is 5.58. The number of rotatable bonds is 2. The van der Waals surface area contributed by atoms with Gasteiger partial charge in [0.25, 0.3) is 0 Å². The molecular weight excluding hydrogens is 232 g/mol. The van der Waals surface area contributed by atoms with Crippen molar-refractivity contribution >= 4 is 0 Å². The van der Waals surface area contributed by atoms with E-state index in [1.807, 2.05) is 0 Å². The van der Waals surface area contributed by atoms with Crippen molar-refractivity contribution in [2.45, 2.75) is 25.2 Å². The molecule has 1 heterocycles. The highest BCUT2D eigenvalue weighted by Crippen LogP contribution is 2.36. The smallest absolute Gasteiger partial charge is 0.0606 e. The highest BCUT2D eigenvalue weighted by molar-refractivity contribution is 5.38. The van der Waals surface area contributed by atoms with Crippen LogP contribution in [0.4, 0.5) is 0 Å². The monoisotopic (exact) mass is 254 g/mol. The molecule has 0 bridgehead atoms. The predicted octanol–water partition coefficient (Wildman–Crippen LogP) is 2.21. The van der Waals surface area contributed by atoms with Crippen LogP contribution in [0.3, 0.4) is 0 Å². The molecule has 1 aromatic carbocycles. The first-order chi connectivity index (χ1) is 9.42. The molecule has 1 aliphatic carbocycles. The van der Waals surface area contributed by atoms with E-state index in [1.54, 1.807) is 0 Å². The van der Waals surface area contributed by atoms with Crippen molar-refractivity contribution in [3.05, 3.63) is 35.4 Å². The van der Waals surface area contributed by atoms with E-state index in [4.69, 9.17) is 0 Å². The summed E-state index contributed by atoms with van der Waals surface area (Å²) >= 11 is 0. The lowest BCUT2D eigenvalue weighted by molar-refractivity contribution is 0.268. The maximum absolute atomic E-state index is 3.37. The van der Waals surface area contributed by atoms with Gasteiger partial charge in [-0.25, -0.2) is 0 Å². The van der Waals surface area contributed by atoms with E-state index in [1.165, 1.54) is 30.4 Å². The maximum Gasteiger partial charge on any atom is 0.0606 e. The minimum atomic E-state index is 0.801. The Kier molecular flexibility index (Phi) is 4.17. The zero-order valence-electron chi connectivity index (χ0n) is 11.5. The standard InChI is InChI=1S/C17H22N2/c1-4-15(14-17(8-1)16-6-2-7-16)5-3-11-19-12-9-18-10-13-19/h1,4,8,14,16,18H,2,6-7,9-13H2. The van der Waals surface area contributed by atoms with Crippen LogP contribution in [0.25, 0.3) is 0 Å². The zero-order valence-corrected chi connectivity index (χ0v) is 11.5. The van der Waals surface area contributed by atoms with E-state index in [-0.39, 0.29) is 0 Å². The molecule has 2 aliphatic rings. The van der Waals surface area contributed by atoms with E-state index in [0.717, 1.165) is 38.6 Å². The van der Waals surface area contributed by atoms with Crippen LogP contribution in [-0.4, -0.2) is 37.6 Å². The van der Waals surface area contributed by atoms with Gasteiger partial charge in [0.15, 0.2) is 0 Å². The van der Waals surface area contributed by atoms with Crippen molar-refractivity contribution in [2.24, 2.45) is 0 Å². The van der Waals surface area contributed by atoms with Crippen LogP contribution in [0.15, 0.2) is 24.3 Å². The van der Waals surface area contributed by atoms with Gasteiger partial charge in [0.1, 0.15) is 0 Å². The summed E-state index contributed by atoms with van der Waals surface area (Å²) in [5.74, 6) is 7.45. The molecule has 3 rings (SSSR count).